The minimum Gasteiger partial charge on any atom is -0.457 e. The number of carbonyl (C=O) groups is 3. The smallest absolute Gasteiger partial charge is 0.457 e. The number of esters is 2. The van der Waals surface area contributed by atoms with Crippen LogP contribution in [0.2, 0.25) is 0 Å². The van der Waals surface area contributed by atoms with Gasteiger partial charge >= 0.3 is 23.9 Å². The predicted octanol–water partition coefficient (Wildman–Crippen LogP) is 1.57. The molecule has 0 saturated heterocycles. The molecule has 1 saturated carbocycles. The van der Waals surface area contributed by atoms with E-state index in [9.17, 15) is 19.2 Å². The third kappa shape index (κ3) is 10.7. The molecule has 1 amide bonds. The highest BCUT2D eigenvalue weighted by molar-refractivity contribution is 5.72. The third-order valence-corrected chi connectivity index (χ3v) is 5.47. The maximum Gasteiger partial charge on any atom is 0.519 e. The Kier molecular flexibility index (Phi) is 11.8. The Balaban J connectivity index is 1.75. The van der Waals surface area contributed by atoms with E-state index in [0.29, 0.717) is 12.8 Å². The van der Waals surface area contributed by atoms with Crippen LogP contribution >= 0.6 is 0 Å². The van der Waals surface area contributed by atoms with E-state index in [0.717, 1.165) is 19.3 Å². The minimum atomic E-state index is -1.21. The molecule has 1 aromatic rings. The Morgan fingerprint density at radius 3 is 2.44 bits per heavy atom. The number of nitrogens with zero attached hydrogens (tertiary/aromatic N) is 1. The van der Waals surface area contributed by atoms with Crippen LogP contribution in [-0.4, -0.2) is 66.5 Å². The highest BCUT2D eigenvalue weighted by Gasteiger charge is 2.36. The molecular weight excluding hydrogens is 488 g/mol. The zero-order valence-electron chi connectivity index (χ0n) is 20.2. The fourth-order valence-electron chi connectivity index (χ4n) is 3.76. The molecule has 0 spiro atoms. The van der Waals surface area contributed by atoms with Crippen LogP contribution in [0.15, 0.2) is 13.6 Å². The van der Waals surface area contributed by atoms with Crippen molar-refractivity contribution in [1.29, 1.82) is 0 Å². The largest absolute Gasteiger partial charge is 0.519 e. The van der Waals surface area contributed by atoms with Crippen LogP contribution in [-0.2, 0) is 40.0 Å². The van der Waals surface area contributed by atoms with Gasteiger partial charge in [0.25, 0.3) is 0 Å². The summed E-state index contributed by atoms with van der Waals surface area (Å²) in [6.45, 7) is 1.98. The van der Waals surface area contributed by atoms with Crippen molar-refractivity contribution in [2.24, 2.45) is 5.41 Å². The standard InChI is InChI=1S/C21H32N2O13/c1-14-16(36-20(27)33-14)11-31-17(24)10-21(6-4-3-5-7-21)13-22-19(26)35-15(2)34-18(25)12-30-8-9-32-23(28)29/h15,28-29H,3-13H2,1-2H3,(H,22,26). The number of alkyl carbamates (subject to hydrolysis) is 1. The number of carbonyl (C=O) groups excluding carboxylic acids is 3. The van der Waals surface area contributed by atoms with Crippen LogP contribution in [0.4, 0.5) is 4.79 Å². The van der Waals surface area contributed by atoms with E-state index in [4.69, 9.17) is 38.2 Å². The van der Waals surface area contributed by atoms with Gasteiger partial charge in [0.05, 0.1) is 25.0 Å². The van der Waals surface area contributed by atoms with Crippen molar-refractivity contribution >= 4 is 18.0 Å². The van der Waals surface area contributed by atoms with E-state index in [-0.39, 0.29) is 44.3 Å². The number of hydrogen-bond acceptors (Lipinski definition) is 14. The van der Waals surface area contributed by atoms with Crippen molar-refractivity contribution in [3.8, 4) is 0 Å². The van der Waals surface area contributed by atoms with Gasteiger partial charge in [-0.25, -0.2) is 19.2 Å². The van der Waals surface area contributed by atoms with Gasteiger partial charge in [0.1, 0.15) is 6.61 Å². The quantitative estimate of drug-likeness (QED) is 0.138. The van der Waals surface area contributed by atoms with Gasteiger partial charge in [0.2, 0.25) is 6.29 Å². The van der Waals surface area contributed by atoms with E-state index in [1.807, 2.05) is 0 Å². The normalized spacial score (nSPS) is 15.8. The van der Waals surface area contributed by atoms with Crippen molar-refractivity contribution in [1.82, 2.24) is 10.7 Å². The second kappa shape index (κ2) is 14.5. The van der Waals surface area contributed by atoms with E-state index < -0.39 is 47.6 Å². The highest BCUT2D eigenvalue weighted by atomic mass is 17.1. The Bertz CT molecular complexity index is 904. The summed E-state index contributed by atoms with van der Waals surface area (Å²) in [5.41, 5.74) is -0.533. The Labute approximate surface area is 206 Å². The summed E-state index contributed by atoms with van der Waals surface area (Å²) in [7, 11) is 0. The van der Waals surface area contributed by atoms with E-state index >= 15 is 0 Å². The molecule has 3 N–H and O–H groups in total. The van der Waals surface area contributed by atoms with E-state index in [1.165, 1.54) is 13.8 Å². The van der Waals surface area contributed by atoms with Crippen LogP contribution in [0.25, 0.3) is 0 Å². The molecule has 15 nitrogen and oxygen atoms in total. The topological polar surface area (TPSA) is 196 Å². The van der Waals surface area contributed by atoms with Gasteiger partial charge in [0.15, 0.2) is 18.1 Å². The SMILES string of the molecule is Cc1oc(=O)oc1COC(=O)CC1(CNC(=O)OC(C)OC(=O)COCCON(O)O)CCCCC1. The highest BCUT2D eigenvalue weighted by Crippen LogP contribution is 2.39. The molecule has 1 unspecified atom stereocenters. The molecule has 0 aromatic carbocycles. The van der Waals surface area contributed by atoms with E-state index in [2.05, 4.69) is 10.2 Å². The van der Waals surface area contributed by atoms with Crippen LogP contribution < -0.4 is 11.1 Å². The number of amides is 1. The molecule has 1 atom stereocenters. The zero-order chi connectivity index (χ0) is 26.6. The molecule has 0 bridgehead atoms. The lowest BCUT2D eigenvalue weighted by molar-refractivity contribution is -0.493. The van der Waals surface area contributed by atoms with Crippen LogP contribution in [0.5, 0.6) is 0 Å². The number of ether oxygens (including phenoxy) is 4. The van der Waals surface area contributed by atoms with Crippen molar-refractivity contribution in [2.45, 2.75) is 65.3 Å². The maximum atomic E-state index is 12.5. The molecule has 36 heavy (non-hydrogen) atoms. The van der Waals surface area contributed by atoms with Gasteiger partial charge in [-0.05, 0) is 25.2 Å². The van der Waals surface area contributed by atoms with Crippen LogP contribution in [0, 0.1) is 12.3 Å². The van der Waals surface area contributed by atoms with Crippen molar-refractivity contribution in [2.75, 3.05) is 26.4 Å². The van der Waals surface area contributed by atoms with Gasteiger partial charge in [-0.2, -0.15) is 0 Å². The molecule has 2 rings (SSSR count). The fourth-order valence-corrected chi connectivity index (χ4v) is 3.76. The van der Waals surface area contributed by atoms with Crippen LogP contribution in [0.3, 0.4) is 0 Å². The van der Waals surface area contributed by atoms with Gasteiger partial charge < -0.3 is 33.1 Å². The molecule has 1 heterocycles. The van der Waals surface area contributed by atoms with Gasteiger partial charge in [-0.1, -0.05) is 19.3 Å². The second-order valence-electron chi connectivity index (χ2n) is 8.29. The number of rotatable bonds is 14. The molecule has 204 valence electrons. The first-order chi connectivity index (χ1) is 17.1. The lowest BCUT2D eigenvalue weighted by Crippen LogP contribution is -2.42. The Morgan fingerprint density at radius 1 is 1.08 bits per heavy atom. The number of aryl methyl sites for hydroxylation is 1. The van der Waals surface area contributed by atoms with Crippen molar-refractivity contribution in [3.63, 3.8) is 0 Å². The monoisotopic (exact) mass is 520 g/mol. The summed E-state index contributed by atoms with van der Waals surface area (Å²) in [5, 5.41) is 18.8. The zero-order valence-corrected chi connectivity index (χ0v) is 20.2. The van der Waals surface area contributed by atoms with Crippen molar-refractivity contribution in [3.05, 3.63) is 22.1 Å². The average molecular weight is 520 g/mol. The van der Waals surface area contributed by atoms with Gasteiger partial charge in [-0.15, -0.1) is 0 Å². The first kappa shape index (κ1) is 29.3. The molecule has 15 heteroatoms. The minimum absolute atomic E-state index is 0.0460. The van der Waals surface area contributed by atoms with Crippen LogP contribution in [0.1, 0.15) is 57.0 Å². The van der Waals surface area contributed by atoms with Gasteiger partial charge in [0, 0.05) is 13.5 Å². The molecule has 0 radical (unpaired) electrons. The molecule has 1 fully saturated rings. The molecular formula is C21H32N2O13. The summed E-state index contributed by atoms with van der Waals surface area (Å²) in [5.74, 6) is -1.81. The summed E-state index contributed by atoms with van der Waals surface area (Å²) in [4.78, 5) is 51.8. The first-order valence-electron chi connectivity index (χ1n) is 11.4. The molecule has 1 aliphatic carbocycles. The number of nitrogens with one attached hydrogen (secondary N) is 1. The lowest BCUT2D eigenvalue weighted by atomic mass is 9.72. The second-order valence-corrected chi connectivity index (χ2v) is 8.29. The molecule has 0 aliphatic heterocycles. The number of hydrogen-bond donors (Lipinski definition) is 3. The summed E-state index contributed by atoms with van der Waals surface area (Å²) >= 11 is 0. The predicted molar refractivity (Wildman–Crippen MR) is 114 cm³/mol. The van der Waals surface area contributed by atoms with Crippen molar-refractivity contribution < 1.29 is 57.4 Å². The fraction of sp³-hybridized carbons (Fsp3) is 0.714. The maximum absolute atomic E-state index is 12.5. The summed E-state index contributed by atoms with van der Waals surface area (Å²) in [6.07, 6.45) is 2.18. The molecule has 1 aliphatic rings. The summed E-state index contributed by atoms with van der Waals surface area (Å²) in [6, 6.07) is 0. The van der Waals surface area contributed by atoms with E-state index in [1.54, 1.807) is 0 Å². The Morgan fingerprint density at radius 2 is 1.81 bits per heavy atom. The Hall–Kier alpha value is -2.98. The third-order valence-electron chi connectivity index (χ3n) is 5.47. The summed E-state index contributed by atoms with van der Waals surface area (Å²) < 4.78 is 29.6. The lowest BCUT2D eigenvalue weighted by Gasteiger charge is -2.36. The average Bonchev–Trinajstić information content (AvgIpc) is 3.13. The first-order valence-corrected chi connectivity index (χ1v) is 11.4. The van der Waals surface area contributed by atoms with Gasteiger partial charge in [-0.3, -0.25) is 15.2 Å². The molecule has 1 aromatic heterocycles.